The average Bonchev–Trinajstić information content (AvgIpc) is 3.17. The number of rotatable bonds is 6. The van der Waals surface area contributed by atoms with Crippen LogP contribution in [-0.2, 0) is 19.1 Å². The SMILES string of the molecule is C=C1NC(C)=C(C(=O)OCC)C(c2ccc(-c3cccc(Cl)c3)o2)C1C(=O)OCC. The van der Waals surface area contributed by atoms with Crippen molar-refractivity contribution < 1.29 is 23.5 Å². The Morgan fingerprint density at radius 2 is 1.90 bits per heavy atom. The molecule has 0 saturated heterocycles. The van der Waals surface area contributed by atoms with Crippen molar-refractivity contribution in [2.75, 3.05) is 13.2 Å². The summed E-state index contributed by atoms with van der Waals surface area (Å²) in [5.41, 5.74) is 2.09. The summed E-state index contributed by atoms with van der Waals surface area (Å²) < 4.78 is 16.6. The molecule has 0 spiro atoms. The number of furan rings is 1. The van der Waals surface area contributed by atoms with Crippen LogP contribution >= 0.6 is 11.6 Å². The van der Waals surface area contributed by atoms with Gasteiger partial charge in [0.15, 0.2) is 0 Å². The molecule has 1 aromatic heterocycles. The Balaban J connectivity index is 2.11. The van der Waals surface area contributed by atoms with Crippen molar-refractivity contribution in [2.45, 2.75) is 26.7 Å². The fourth-order valence-corrected chi connectivity index (χ4v) is 3.80. The fourth-order valence-electron chi connectivity index (χ4n) is 3.61. The number of halogens is 1. The Morgan fingerprint density at radius 3 is 2.57 bits per heavy atom. The standard InChI is InChI=1S/C23H24ClNO5/c1-5-28-22(26)19-13(3)25-14(4)20(23(27)29-6-2)21(19)18-11-10-17(30-18)15-8-7-9-16(24)12-15/h7-12,19,21,25H,3,5-6H2,1-2,4H3. The summed E-state index contributed by atoms with van der Waals surface area (Å²) in [6.45, 7) is 9.59. The molecular weight excluding hydrogens is 406 g/mol. The summed E-state index contributed by atoms with van der Waals surface area (Å²) in [6, 6.07) is 10.8. The lowest BCUT2D eigenvalue weighted by molar-refractivity contribution is -0.148. The first-order chi connectivity index (χ1) is 14.4. The third-order valence-electron chi connectivity index (χ3n) is 4.85. The molecule has 0 amide bonds. The quantitative estimate of drug-likeness (QED) is 0.663. The molecule has 6 nitrogen and oxygen atoms in total. The Kier molecular flexibility index (Phi) is 6.67. The molecule has 2 heterocycles. The smallest absolute Gasteiger partial charge is 0.336 e. The molecule has 3 rings (SSSR count). The molecule has 158 valence electrons. The Bertz CT molecular complexity index is 1010. The van der Waals surface area contributed by atoms with Gasteiger partial charge in [0, 0.05) is 22.0 Å². The van der Waals surface area contributed by atoms with Gasteiger partial charge in [-0.15, -0.1) is 0 Å². The van der Waals surface area contributed by atoms with E-state index in [1.54, 1.807) is 45.0 Å². The van der Waals surface area contributed by atoms with Gasteiger partial charge in [0.05, 0.1) is 24.7 Å². The van der Waals surface area contributed by atoms with Gasteiger partial charge < -0.3 is 19.2 Å². The molecule has 2 aromatic rings. The second-order valence-electron chi connectivity index (χ2n) is 6.83. The number of hydrogen-bond donors (Lipinski definition) is 1. The number of ether oxygens (including phenoxy) is 2. The zero-order chi connectivity index (χ0) is 21.8. The fraction of sp³-hybridized carbons (Fsp3) is 0.304. The van der Waals surface area contributed by atoms with E-state index in [1.165, 1.54) is 0 Å². The minimum atomic E-state index is -0.841. The summed E-state index contributed by atoms with van der Waals surface area (Å²) in [6.07, 6.45) is 0. The van der Waals surface area contributed by atoms with E-state index in [-0.39, 0.29) is 13.2 Å². The van der Waals surface area contributed by atoms with Crippen molar-refractivity contribution in [3.63, 3.8) is 0 Å². The highest BCUT2D eigenvalue weighted by Gasteiger charge is 2.44. The van der Waals surface area contributed by atoms with Gasteiger partial charge in [-0.05, 0) is 45.0 Å². The predicted molar refractivity (Wildman–Crippen MR) is 114 cm³/mol. The summed E-state index contributed by atoms with van der Waals surface area (Å²) in [5.74, 6) is -1.57. The van der Waals surface area contributed by atoms with E-state index in [2.05, 4.69) is 11.9 Å². The number of carbonyl (C=O) groups excluding carboxylic acids is 2. The molecule has 30 heavy (non-hydrogen) atoms. The molecule has 0 aliphatic carbocycles. The normalized spacial score (nSPS) is 18.7. The van der Waals surface area contributed by atoms with Crippen molar-refractivity contribution in [3.05, 3.63) is 70.7 Å². The molecule has 0 fully saturated rings. The topological polar surface area (TPSA) is 77.8 Å². The zero-order valence-electron chi connectivity index (χ0n) is 17.2. The highest BCUT2D eigenvalue weighted by molar-refractivity contribution is 6.30. The highest BCUT2D eigenvalue weighted by atomic mass is 35.5. The first kappa shape index (κ1) is 21.7. The summed E-state index contributed by atoms with van der Waals surface area (Å²) in [5, 5.41) is 3.61. The molecule has 0 radical (unpaired) electrons. The van der Waals surface area contributed by atoms with Crippen molar-refractivity contribution in [2.24, 2.45) is 5.92 Å². The van der Waals surface area contributed by atoms with Gasteiger partial charge in [-0.3, -0.25) is 4.79 Å². The van der Waals surface area contributed by atoms with Gasteiger partial charge >= 0.3 is 11.9 Å². The maximum Gasteiger partial charge on any atom is 0.336 e. The molecule has 0 saturated carbocycles. The van der Waals surface area contributed by atoms with Crippen LogP contribution in [0.3, 0.4) is 0 Å². The summed E-state index contributed by atoms with van der Waals surface area (Å²) >= 11 is 6.10. The Morgan fingerprint density at radius 1 is 1.17 bits per heavy atom. The van der Waals surface area contributed by atoms with E-state index < -0.39 is 23.8 Å². The maximum atomic E-state index is 12.8. The van der Waals surface area contributed by atoms with Crippen LogP contribution < -0.4 is 5.32 Å². The van der Waals surface area contributed by atoms with Crippen LogP contribution in [0.15, 0.2) is 64.4 Å². The first-order valence-electron chi connectivity index (χ1n) is 9.73. The second-order valence-corrected chi connectivity index (χ2v) is 7.27. The monoisotopic (exact) mass is 429 g/mol. The van der Waals surface area contributed by atoms with Crippen molar-refractivity contribution in [1.82, 2.24) is 5.32 Å². The Hall–Kier alpha value is -2.99. The minimum Gasteiger partial charge on any atom is -0.465 e. The van der Waals surface area contributed by atoms with Gasteiger partial charge in [0.1, 0.15) is 17.4 Å². The lowest BCUT2D eigenvalue weighted by Gasteiger charge is -2.33. The summed E-state index contributed by atoms with van der Waals surface area (Å²) in [7, 11) is 0. The molecule has 1 N–H and O–H groups in total. The zero-order valence-corrected chi connectivity index (χ0v) is 17.9. The van der Waals surface area contributed by atoms with Crippen LogP contribution in [0, 0.1) is 5.92 Å². The van der Waals surface area contributed by atoms with Crippen LogP contribution in [0.5, 0.6) is 0 Å². The van der Waals surface area contributed by atoms with E-state index in [1.807, 2.05) is 12.1 Å². The average molecular weight is 430 g/mol. The number of allylic oxidation sites excluding steroid dienone is 1. The van der Waals surface area contributed by atoms with Crippen molar-refractivity contribution in [1.29, 1.82) is 0 Å². The molecule has 2 atom stereocenters. The van der Waals surface area contributed by atoms with Gasteiger partial charge in [0.25, 0.3) is 0 Å². The van der Waals surface area contributed by atoms with E-state index in [9.17, 15) is 9.59 Å². The van der Waals surface area contributed by atoms with Gasteiger partial charge in [0.2, 0.25) is 0 Å². The van der Waals surface area contributed by atoms with Gasteiger partial charge in [-0.1, -0.05) is 30.3 Å². The molecule has 0 bridgehead atoms. The summed E-state index contributed by atoms with van der Waals surface area (Å²) in [4.78, 5) is 25.6. The van der Waals surface area contributed by atoms with Gasteiger partial charge in [-0.25, -0.2) is 4.79 Å². The third kappa shape index (κ3) is 4.28. The van der Waals surface area contributed by atoms with Gasteiger partial charge in [-0.2, -0.15) is 0 Å². The second kappa shape index (κ2) is 9.22. The van der Waals surface area contributed by atoms with Crippen molar-refractivity contribution >= 4 is 23.5 Å². The predicted octanol–water partition coefficient (Wildman–Crippen LogP) is 4.82. The Labute approximate surface area is 180 Å². The molecule has 1 aliphatic rings. The minimum absolute atomic E-state index is 0.207. The van der Waals surface area contributed by atoms with E-state index in [4.69, 9.17) is 25.5 Å². The van der Waals surface area contributed by atoms with Crippen LogP contribution in [0.2, 0.25) is 5.02 Å². The lowest BCUT2D eigenvalue weighted by Crippen LogP contribution is -2.39. The molecule has 7 heteroatoms. The number of nitrogens with one attached hydrogen (secondary N) is 1. The molecule has 1 aromatic carbocycles. The van der Waals surface area contributed by atoms with E-state index in [0.29, 0.717) is 33.5 Å². The molecular formula is C23H24ClNO5. The van der Waals surface area contributed by atoms with Crippen LogP contribution in [0.4, 0.5) is 0 Å². The van der Waals surface area contributed by atoms with Crippen LogP contribution in [-0.4, -0.2) is 25.2 Å². The number of benzene rings is 1. The van der Waals surface area contributed by atoms with Crippen LogP contribution in [0.25, 0.3) is 11.3 Å². The highest BCUT2D eigenvalue weighted by Crippen LogP contribution is 2.43. The third-order valence-corrected chi connectivity index (χ3v) is 5.09. The lowest BCUT2D eigenvalue weighted by atomic mass is 9.78. The van der Waals surface area contributed by atoms with Crippen LogP contribution in [0.1, 0.15) is 32.4 Å². The van der Waals surface area contributed by atoms with E-state index in [0.717, 1.165) is 5.56 Å². The first-order valence-corrected chi connectivity index (χ1v) is 10.1. The molecule has 2 unspecified atom stereocenters. The number of esters is 2. The number of carbonyl (C=O) groups is 2. The number of hydrogen-bond acceptors (Lipinski definition) is 6. The molecule has 1 aliphatic heterocycles. The van der Waals surface area contributed by atoms with E-state index >= 15 is 0 Å². The van der Waals surface area contributed by atoms with Crippen molar-refractivity contribution in [3.8, 4) is 11.3 Å². The largest absolute Gasteiger partial charge is 0.465 e. The maximum absolute atomic E-state index is 12.8.